The molecule has 288 valence electrons. The Kier molecular flexibility index (Phi) is 9.18. The van der Waals surface area contributed by atoms with Crippen molar-refractivity contribution in [1.82, 2.24) is 9.62 Å². The van der Waals surface area contributed by atoms with Crippen LogP contribution >= 0.6 is 0 Å². The molecule has 10 aromatic rings. The second-order valence-electron chi connectivity index (χ2n) is 16.6. The molecule has 0 bridgehead atoms. The Balaban J connectivity index is 1.03. The van der Waals surface area contributed by atoms with E-state index in [9.17, 15) is 0 Å². The summed E-state index contributed by atoms with van der Waals surface area (Å²) in [7, 11) is -3.28. The minimum absolute atomic E-state index is 0.847. The van der Waals surface area contributed by atoms with Gasteiger partial charge in [-0.3, -0.25) is 4.64 Å². The molecule has 1 aliphatic rings. The van der Waals surface area contributed by atoms with Crippen molar-refractivity contribution in [3.8, 4) is 89.0 Å². The van der Waals surface area contributed by atoms with Crippen molar-refractivity contribution in [2.45, 2.75) is 13.1 Å². The Morgan fingerprint density at radius 2 is 0.803 bits per heavy atom. The fourth-order valence-electron chi connectivity index (χ4n) is 9.30. The van der Waals surface area contributed by atoms with Crippen LogP contribution in [0, 0.1) is 0 Å². The first kappa shape index (κ1) is 36.9. The monoisotopic (exact) mass is 810 g/mol. The van der Waals surface area contributed by atoms with Crippen molar-refractivity contribution in [3.63, 3.8) is 0 Å². The number of benzene rings is 9. The van der Waals surface area contributed by atoms with Crippen LogP contribution in [0.1, 0.15) is 0 Å². The van der Waals surface area contributed by atoms with Gasteiger partial charge in [-0.05, 0) is 114 Å². The molecule has 0 amide bonds. The quantitative estimate of drug-likeness (QED) is 0.150. The van der Waals surface area contributed by atoms with Crippen LogP contribution in [-0.2, 0) is 0 Å². The first-order chi connectivity index (χ1) is 30.0. The van der Waals surface area contributed by atoms with Crippen LogP contribution in [0.25, 0.3) is 99.8 Å². The average Bonchev–Trinajstić information content (AvgIpc) is 3.57. The molecular weight excluding hydrogens is 769 g/mol. The summed E-state index contributed by atoms with van der Waals surface area (Å²) in [5.41, 5.74) is 16.6. The maximum absolute atomic E-state index is 5.69. The number of nitrogens with zero attached hydrogens (tertiary/aromatic N) is 2. The summed E-state index contributed by atoms with van der Waals surface area (Å²) >= 11 is 0. The highest BCUT2D eigenvalue weighted by molar-refractivity contribution is 7.37. The van der Waals surface area contributed by atoms with Gasteiger partial charge in [-0.1, -0.05) is 195 Å². The van der Waals surface area contributed by atoms with Crippen LogP contribution in [0.2, 0.25) is 13.1 Å². The van der Waals surface area contributed by atoms with Crippen molar-refractivity contribution < 1.29 is 0 Å². The van der Waals surface area contributed by atoms with E-state index < -0.39 is 15.7 Å². The zero-order chi connectivity index (χ0) is 40.9. The highest BCUT2D eigenvalue weighted by atomic mass is 29.2. The molecule has 61 heavy (non-hydrogen) atoms. The fraction of sp³-hybridized carbons (Fsp3) is 0.0351. The molecule has 0 spiro atoms. The molecule has 2 heterocycles. The molecule has 0 aliphatic carbocycles. The first-order valence-corrected chi connectivity index (χ1v) is 26.5. The summed E-state index contributed by atoms with van der Waals surface area (Å²) in [5.74, 6) is 0.847. The highest BCUT2D eigenvalue weighted by Gasteiger charge is 2.42. The molecule has 2 nitrogen and oxygen atoms in total. The van der Waals surface area contributed by atoms with E-state index in [0.29, 0.717) is 0 Å². The average molecular weight is 811 g/mol. The van der Waals surface area contributed by atoms with Crippen LogP contribution < -0.4 is 5.19 Å². The third-order valence-electron chi connectivity index (χ3n) is 12.4. The van der Waals surface area contributed by atoms with Gasteiger partial charge in [0.25, 0.3) is 0 Å². The largest absolute Gasteiger partial charge is 0.283 e. The van der Waals surface area contributed by atoms with Crippen LogP contribution in [0.15, 0.2) is 218 Å². The van der Waals surface area contributed by atoms with Gasteiger partial charge in [0.1, 0.15) is 13.4 Å². The summed E-state index contributed by atoms with van der Waals surface area (Å²) in [6, 6.07) is 79.5. The summed E-state index contributed by atoms with van der Waals surface area (Å²) in [6.45, 7) is 5.02. The third kappa shape index (κ3) is 6.71. The van der Waals surface area contributed by atoms with Crippen LogP contribution in [0.3, 0.4) is 0 Å². The molecule has 0 fully saturated rings. The second-order valence-corrected chi connectivity index (χ2v) is 27.0. The fourth-order valence-corrected chi connectivity index (χ4v) is 18.6. The molecule has 0 N–H and O–H groups in total. The van der Waals surface area contributed by atoms with E-state index in [4.69, 9.17) is 9.62 Å². The predicted octanol–water partition coefficient (Wildman–Crippen LogP) is 14.3. The molecule has 1 aliphatic heterocycles. The van der Waals surface area contributed by atoms with Gasteiger partial charge in [0, 0.05) is 16.3 Å². The molecule has 0 unspecified atom stereocenters. The number of hydrogen-bond acceptors (Lipinski definition) is 2. The van der Waals surface area contributed by atoms with Gasteiger partial charge < -0.3 is 0 Å². The van der Waals surface area contributed by atoms with Gasteiger partial charge in [-0.25, -0.2) is 4.98 Å². The molecule has 1 aromatic heterocycles. The van der Waals surface area contributed by atoms with Gasteiger partial charge >= 0.3 is 0 Å². The minimum atomic E-state index is -1.95. The Labute approximate surface area is 360 Å². The maximum Gasteiger partial charge on any atom is 0.158 e. The summed E-state index contributed by atoms with van der Waals surface area (Å²) in [6.07, 6.45) is 0. The predicted molar refractivity (Wildman–Crippen MR) is 261 cm³/mol. The standard InChI is InChI=1S/C57H42N2Si2/c1-61(2)54-32-12-11-30-53(54)56-55(46-27-14-23-42(34-46)39-17-5-3-6-18-39)58-57(59-60(56)61)47-28-15-25-44(35-47)43-24-13-26-45(33-43)49-36-48(40-19-7-4-8-20-40)37-50(38-49)52-31-16-22-41-21-9-10-29-51(41)52/h3-38H,1-2H3. The van der Waals surface area contributed by atoms with E-state index >= 15 is 0 Å². The third-order valence-corrected chi connectivity index (χ3v) is 22.2. The van der Waals surface area contributed by atoms with Gasteiger partial charge in [0.15, 0.2) is 8.08 Å². The Morgan fingerprint density at radius 1 is 0.361 bits per heavy atom. The van der Waals surface area contributed by atoms with E-state index in [1.165, 1.54) is 71.2 Å². The molecule has 4 heteroatoms. The number of fused-ring (bicyclic) bond motifs is 4. The van der Waals surface area contributed by atoms with E-state index in [1.807, 2.05) is 0 Å². The normalized spacial score (nSPS) is 12.6. The summed E-state index contributed by atoms with van der Waals surface area (Å²) < 4.78 is 5.69. The molecule has 0 radical (unpaired) electrons. The van der Waals surface area contributed by atoms with Crippen LogP contribution in [0.5, 0.6) is 0 Å². The van der Waals surface area contributed by atoms with Crippen molar-refractivity contribution in [2.75, 3.05) is 0 Å². The zero-order valence-electron chi connectivity index (χ0n) is 34.2. The number of rotatable bonds is 7. The summed E-state index contributed by atoms with van der Waals surface area (Å²) in [4.78, 5) is 5.54. The first-order valence-electron chi connectivity index (χ1n) is 21.1. The molecule has 0 saturated carbocycles. The van der Waals surface area contributed by atoms with Gasteiger partial charge in [-0.2, -0.15) is 0 Å². The molecule has 0 atom stereocenters. The van der Waals surface area contributed by atoms with Crippen molar-refractivity contribution in [1.29, 1.82) is 0 Å². The maximum atomic E-state index is 5.69. The second kappa shape index (κ2) is 15.2. The van der Waals surface area contributed by atoms with Gasteiger partial charge in [0.2, 0.25) is 0 Å². The SMILES string of the molecule is C[Si]1(C)c2ccccc2-c2c(-c3cccc(-c4ccccc4)c3)nc(-c3cccc(-c4cccc(-c5cc(-c6ccccc6)cc(-c6cccc7ccccc67)c5)c4)c3)n[si]21. The van der Waals surface area contributed by atoms with Gasteiger partial charge in [0.05, 0.1) is 5.69 Å². The minimum Gasteiger partial charge on any atom is -0.283 e. The lowest BCUT2D eigenvalue weighted by Gasteiger charge is -2.18. The lowest BCUT2D eigenvalue weighted by Crippen LogP contribution is -2.47. The van der Waals surface area contributed by atoms with E-state index in [1.54, 1.807) is 0 Å². The van der Waals surface area contributed by atoms with Crippen molar-refractivity contribution in [2.24, 2.45) is 0 Å². The molecular formula is C57H42N2Si2. The lowest BCUT2D eigenvalue weighted by molar-refractivity contribution is 1.25. The number of hydrogen-bond donors (Lipinski definition) is 0. The smallest absolute Gasteiger partial charge is 0.158 e. The summed E-state index contributed by atoms with van der Waals surface area (Å²) in [5, 5.41) is 5.37. The van der Waals surface area contributed by atoms with Crippen LogP contribution in [-0.4, -0.2) is 25.3 Å². The van der Waals surface area contributed by atoms with E-state index in [2.05, 4.69) is 231 Å². The Hall–Kier alpha value is -7.12. The molecule has 9 aromatic carbocycles. The highest BCUT2D eigenvalue weighted by Crippen LogP contribution is 2.40. The van der Waals surface area contributed by atoms with E-state index in [-0.39, 0.29) is 0 Å². The van der Waals surface area contributed by atoms with Gasteiger partial charge in [-0.15, -0.1) is 0 Å². The van der Waals surface area contributed by atoms with Crippen molar-refractivity contribution in [3.05, 3.63) is 218 Å². The van der Waals surface area contributed by atoms with Crippen LogP contribution in [0.4, 0.5) is 0 Å². The number of aromatic nitrogens is 2. The molecule has 11 rings (SSSR count). The molecule has 0 saturated heterocycles. The Morgan fingerprint density at radius 3 is 1.54 bits per heavy atom. The zero-order valence-corrected chi connectivity index (χ0v) is 36.2. The topological polar surface area (TPSA) is 25.8 Å². The lowest BCUT2D eigenvalue weighted by atomic mass is 9.90. The van der Waals surface area contributed by atoms with E-state index in [0.717, 1.165) is 33.8 Å². The Bertz CT molecular complexity index is 3280. The van der Waals surface area contributed by atoms with Crippen molar-refractivity contribution >= 4 is 31.6 Å².